The maximum absolute atomic E-state index is 11.2. The first-order chi connectivity index (χ1) is 9.83. The number of hydrogen-bond acceptors (Lipinski definition) is 3. The van der Waals surface area contributed by atoms with E-state index in [1.807, 2.05) is 25.1 Å². The van der Waals surface area contributed by atoms with Crippen LogP contribution in [0.2, 0.25) is 5.02 Å². The molecule has 2 N–H and O–H groups in total. The number of rotatable bonds is 5. The van der Waals surface area contributed by atoms with E-state index in [1.165, 1.54) is 11.1 Å². The van der Waals surface area contributed by atoms with Gasteiger partial charge >= 0.3 is 0 Å². The van der Waals surface area contributed by atoms with Crippen LogP contribution >= 0.6 is 11.6 Å². The highest BCUT2D eigenvalue weighted by Crippen LogP contribution is 2.26. The minimum Gasteiger partial charge on any atom is -0.381 e. The molecule has 2 aromatic rings. The Morgan fingerprint density at radius 2 is 1.90 bits per heavy atom. The molecule has 0 aliphatic carbocycles. The molecule has 112 valence electrons. The van der Waals surface area contributed by atoms with Crippen LogP contribution in [0.3, 0.4) is 0 Å². The Morgan fingerprint density at radius 1 is 1.14 bits per heavy atom. The third-order valence-electron chi connectivity index (χ3n) is 2.84. The summed E-state index contributed by atoms with van der Waals surface area (Å²) in [6, 6.07) is 13.3. The average Bonchev–Trinajstić information content (AvgIpc) is 2.38. The molecular formula is C15H17ClN2O2S. The summed E-state index contributed by atoms with van der Waals surface area (Å²) in [5.41, 5.74) is 3.59. The smallest absolute Gasteiger partial charge is 0.229 e. The molecular weight excluding hydrogens is 308 g/mol. The lowest BCUT2D eigenvalue weighted by Crippen LogP contribution is -2.10. The lowest BCUT2D eigenvalue weighted by Gasteiger charge is -2.10. The molecule has 4 nitrogen and oxygen atoms in total. The van der Waals surface area contributed by atoms with E-state index in [1.54, 1.807) is 18.2 Å². The van der Waals surface area contributed by atoms with Gasteiger partial charge in [0.2, 0.25) is 10.0 Å². The minimum atomic E-state index is -3.33. The fourth-order valence-corrected chi connectivity index (χ4v) is 2.80. The van der Waals surface area contributed by atoms with Gasteiger partial charge in [-0.3, -0.25) is 4.72 Å². The molecule has 0 unspecified atom stereocenters. The molecule has 21 heavy (non-hydrogen) atoms. The number of hydrogen-bond donors (Lipinski definition) is 2. The second kappa shape index (κ2) is 6.37. The number of halogens is 1. The molecule has 0 amide bonds. The quantitative estimate of drug-likeness (QED) is 0.883. The van der Waals surface area contributed by atoms with E-state index < -0.39 is 10.0 Å². The maximum Gasteiger partial charge on any atom is 0.229 e. The van der Waals surface area contributed by atoms with Crippen LogP contribution in [-0.4, -0.2) is 14.7 Å². The van der Waals surface area contributed by atoms with E-state index >= 15 is 0 Å². The molecule has 0 spiro atoms. The van der Waals surface area contributed by atoms with Crippen molar-refractivity contribution >= 4 is 33.0 Å². The number of benzene rings is 2. The molecule has 0 bridgehead atoms. The van der Waals surface area contributed by atoms with Crippen molar-refractivity contribution in [2.75, 3.05) is 16.3 Å². The summed E-state index contributed by atoms with van der Waals surface area (Å²) in [5, 5.41) is 3.61. The van der Waals surface area contributed by atoms with Gasteiger partial charge in [-0.2, -0.15) is 0 Å². The van der Waals surface area contributed by atoms with Gasteiger partial charge < -0.3 is 5.32 Å². The van der Waals surface area contributed by atoms with Gasteiger partial charge in [-0.05, 0) is 30.7 Å². The summed E-state index contributed by atoms with van der Waals surface area (Å²) in [7, 11) is -3.33. The Kier molecular flexibility index (Phi) is 4.75. The highest BCUT2D eigenvalue weighted by atomic mass is 35.5. The maximum atomic E-state index is 11.2. The lowest BCUT2D eigenvalue weighted by atomic mass is 10.1. The number of nitrogens with one attached hydrogen (secondary N) is 2. The zero-order valence-corrected chi connectivity index (χ0v) is 13.4. The highest BCUT2D eigenvalue weighted by molar-refractivity contribution is 7.92. The third kappa shape index (κ3) is 4.95. The Bertz CT molecular complexity index is 745. The second-order valence-electron chi connectivity index (χ2n) is 4.91. The van der Waals surface area contributed by atoms with Gasteiger partial charge in [0.15, 0.2) is 0 Å². The van der Waals surface area contributed by atoms with Crippen molar-refractivity contribution in [1.82, 2.24) is 0 Å². The SMILES string of the molecule is Cc1cccc(CNc2ccc(NS(C)(=O)=O)c(Cl)c2)c1. The second-order valence-corrected chi connectivity index (χ2v) is 7.07. The molecule has 0 saturated carbocycles. The molecule has 0 heterocycles. The van der Waals surface area contributed by atoms with Crippen LogP contribution in [0.4, 0.5) is 11.4 Å². The van der Waals surface area contributed by atoms with Crippen molar-refractivity contribution < 1.29 is 8.42 Å². The number of sulfonamides is 1. The predicted octanol–water partition coefficient (Wildman–Crippen LogP) is 3.63. The lowest BCUT2D eigenvalue weighted by molar-refractivity contribution is 0.607. The monoisotopic (exact) mass is 324 g/mol. The van der Waals surface area contributed by atoms with Crippen LogP contribution in [0.5, 0.6) is 0 Å². The average molecular weight is 325 g/mol. The van der Waals surface area contributed by atoms with Gasteiger partial charge in [0.25, 0.3) is 0 Å². The molecule has 2 rings (SSSR count). The Hall–Kier alpha value is -1.72. The first kappa shape index (κ1) is 15.7. The van der Waals surface area contributed by atoms with Crippen LogP contribution in [0, 0.1) is 6.92 Å². The third-order valence-corrected chi connectivity index (χ3v) is 3.75. The molecule has 2 aromatic carbocycles. The fourth-order valence-electron chi connectivity index (χ4n) is 1.93. The number of aryl methyl sites for hydroxylation is 1. The summed E-state index contributed by atoms with van der Waals surface area (Å²) in [5.74, 6) is 0. The molecule has 0 aromatic heterocycles. The first-order valence-corrected chi connectivity index (χ1v) is 8.67. The molecule has 0 radical (unpaired) electrons. The van der Waals surface area contributed by atoms with E-state index in [9.17, 15) is 8.42 Å². The summed E-state index contributed by atoms with van der Waals surface area (Å²) in [6.07, 6.45) is 1.09. The molecule has 6 heteroatoms. The van der Waals surface area contributed by atoms with Gasteiger partial charge in [-0.1, -0.05) is 41.4 Å². The van der Waals surface area contributed by atoms with Crippen molar-refractivity contribution in [3.05, 3.63) is 58.6 Å². The van der Waals surface area contributed by atoms with E-state index in [-0.39, 0.29) is 0 Å². The Morgan fingerprint density at radius 3 is 2.52 bits per heavy atom. The molecule has 0 atom stereocenters. The summed E-state index contributed by atoms with van der Waals surface area (Å²) in [6.45, 7) is 2.73. The van der Waals surface area contributed by atoms with Gasteiger partial charge in [0, 0.05) is 12.2 Å². The summed E-state index contributed by atoms with van der Waals surface area (Å²) >= 11 is 6.08. The zero-order chi connectivity index (χ0) is 15.5. The van der Waals surface area contributed by atoms with Gasteiger partial charge in [0.05, 0.1) is 17.0 Å². The molecule has 0 aliphatic heterocycles. The summed E-state index contributed by atoms with van der Waals surface area (Å²) < 4.78 is 24.8. The minimum absolute atomic E-state index is 0.356. The predicted molar refractivity (Wildman–Crippen MR) is 88.4 cm³/mol. The molecule has 0 aliphatic rings. The van der Waals surface area contributed by atoms with E-state index in [2.05, 4.69) is 16.1 Å². The van der Waals surface area contributed by atoms with Crippen molar-refractivity contribution in [2.24, 2.45) is 0 Å². The Balaban J connectivity index is 2.07. The van der Waals surface area contributed by atoms with Crippen molar-refractivity contribution in [1.29, 1.82) is 0 Å². The van der Waals surface area contributed by atoms with Crippen LogP contribution in [0.25, 0.3) is 0 Å². The van der Waals surface area contributed by atoms with Crippen molar-refractivity contribution in [2.45, 2.75) is 13.5 Å². The van der Waals surface area contributed by atoms with Crippen LogP contribution in [0.15, 0.2) is 42.5 Å². The number of anilines is 2. The van der Waals surface area contributed by atoms with Gasteiger partial charge in [-0.25, -0.2) is 8.42 Å². The van der Waals surface area contributed by atoms with Crippen LogP contribution in [0.1, 0.15) is 11.1 Å². The van der Waals surface area contributed by atoms with Gasteiger partial charge in [-0.15, -0.1) is 0 Å². The summed E-state index contributed by atoms with van der Waals surface area (Å²) in [4.78, 5) is 0. The molecule has 0 fully saturated rings. The van der Waals surface area contributed by atoms with Crippen molar-refractivity contribution in [3.63, 3.8) is 0 Å². The zero-order valence-electron chi connectivity index (χ0n) is 11.9. The van der Waals surface area contributed by atoms with Crippen molar-refractivity contribution in [3.8, 4) is 0 Å². The first-order valence-electron chi connectivity index (χ1n) is 6.40. The molecule has 0 saturated heterocycles. The standard InChI is InChI=1S/C15H17ClN2O2S/c1-11-4-3-5-12(8-11)10-17-13-6-7-15(14(16)9-13)18-21(2,19)20/h3-9,17-18H,10H2,1-2H3. The largest absolute Gasteiger partial charge is 0.381 e. The van der Waals surface area contributed by atoms with E-state index in [4.69, 9.17) is 11.6 Å². The van der Waals surface area contributed by atoms with Crippen LogP contribution < -0.4 is 10.0 Å². The Labute approximate surface area is 130 Å². The fraction of sp³-hybridized carbons (Fsp3) is 0.200. The van der Waals surface area contributed by atoms with E-state index in [0.29, 0.717) is 17.3 Å². The highest BCUT2D eigenvalue weighted by Gasteiger charge is 2.07. The topological polar surface area (TPSA) is 58.2 Å². The normalized spacial score (nSPS) is 11.2. The van der Waals surface area contributed by atoms with E-state index in [0.717, 1.165) is 11.9 Å². The van der Waals surface area contributed by atoms with Gasteiger partial charge in [0.1, 0.15) is 0 Å². The van der Waals surface area contributed by atoms with Crippen LogP contribution in [-0.2, 0) is 16.6 Å².